The van der Waals surface area contributed by atoms with Crippen molar-refractivity contribution in [1.29, 1.82) is 0 Å². The first kappa shape index (κ1) is 35.9. The Bertz CT molecular complexity index is 2580. The van der Waals surface area contributed by atoms with Crippen LogP contribution >= 0.6 is 0 Å². The van der Waals surface area contributed by atoms with E-state index in [9.17, 15) is 26.4 Å². The molecular formula is C42H34N4O6S2. The number of hydrogen-bond donors (Lipinski definition) is 4. The fraction of sp³-hybridized carbons (Fsp3) is 0.0476. The molecule has 270 valence electrons. The van der Waals surface area contributed by atoms with E-state index in [1.807, 2.05) is 72.8 Å². The molecule has 54 heavy (non-hydrogen) atoms. The number of sulfonamides is 2. The standard InChI is InChI=1S/C42H34N4O6S2/c47-41(35-14-6-16-37(23-35)45-53(49,50)39-20-18-31-10-1-3-12-33(31)25-39)43-27-29-8-5-9-30(22-29)28-44-42(48)36-15-7-17-38(24-36)46-54(51,52)40-21-19-32-11-2-4-13-34(32)26-40/h1-26,45-46H,27-28H2,(H,43,47)(H,44,48). The molecule has 0 aliphatic carbocycles. The summed E-state index contributed by atoms with van der Waals surface area (Å²) >= 11 is 0. The Kier molecular flexibility index (Phi) is 10.1. The first-order chi connectivity index (χ1) is 26.0. The monoisotopic (exact) mass is 754 g/mol. The van der Waals surface area contributed by atoms with Crippen LogP contribution in [0.15, 0.2) is 168 Å². The highest BCUT2D eigenvalue weighted by atomic mass is 32.2. The van der Waals surface area contributed by atoms with Gasteiger partial charge in [-0.3, -0.25) is 19.0 Å². The Morgan fingerprint density at radius 2 is 0.815 bits per heavy atom. The number of benzene rings is 7. The van der Waals surface area contributed by atoms with Crippen LogP contribution < -0.4 is 20.1 Å². The van der Waals surface area contributed by atoms with E-state index in [1.54, 1.807) is 72.8 Å². The summed E-state index contributed by atoms with van der Waals surface area (Å²) in [5.74, 6) is -0.784. The number of nitrogens with one attached hydrogen (secondary N) is 4. The molecule has 0 heterocycles. The minimum absolute atomic E-state index is 0.112. The summed E-state index contributed by atoms with van der Waals surface area (Å²) in [5, 5.41) is 9.17. The highest BCUT2D eigenvalue weighted by Crippen LogP contribution is 2.24. The first-order valence-electron chi connectivity index (χ1n) is 16.9. The fourth-order valence-electron chi connectivity index (χ4n) is 5.96. The molecule has 0 bridgehead atoms. The van der Waals surface area contributed by atoms with Crippen LogP contribution in [-0.2, 0) is 33.1 Å². The molecule has 10 nitrogen and oxygen atoms in total. The van der Waals surface area contributed by atoms with E-state index in [4.69, 9.17) is 0 Å². The van der Waals surface area contributed by atoms with Gasteiger partial charge < -0.3 is 10.6 Å². The normalized spacial score (nSPS) is 11.6. The SMILES string of the molecule is O=C(NCc1cccc(CNC(=O)c2cccc(NS(=O)(=O)c3ccc4ccccc4c3)c2)c1)c1cccc(NS(=O)(=O)c2ccc3ccccc3c2)c1. The smallest absolute Gasteiger partial charge is 0.261 e. The molecule has 0 spiro atoms. The van der Waals surface area contributed by atoms with Gasteiger partial charge in [0.1, 0.15) is 0 Å². The lowest BCUT2D eigenvalue weighted by Gasteiger charge is -2.12. The highest BCUT2D eigenvalue weighted by molar-refractivity contribution is 7.93. The first-order valence-corrected chi connectivity index (χ1v) is 19.9. The van der Waals surface area contributed by atoms with Crippen molar-refractivity contribution in [3.05, 3.63) is 180 Å². The van der Waals surface area contributed by atoms with E-state index in [-0.39, 0.29) is 45.4 Å². The van der Waals surface area contributed by atoms with Gasteiger partial charge in [-0.1, -0.05) is 97.1 Å². The van der Waals surface area contributed by atoms with Crippen LogP contribution in [0.5, 0.6) is 0 Å². The second-order valence-corrected chi connectivity index (χ2v) is 15.9. The van der Waals surface area contributed by atoms with E-state index >= 15 is 0 Å². The van der Waals surface area contributed by atoms with Gasteiger partial charge in [0.2, 0.25) is 0 Å². The van der Waals surface area contributed by atoms with Crippen LogP contribution in [0.3, 0.4) is 0 Å². The molecule has 0 aliphatic heterocycles. The van der Waals surface area contributed by atoms with Crippen molar-refractivity contribution in [2.45, 2.75) is 22.9 Å². The Labute approximate surface area is 313 Å². The van der Waals surface area contributed by atoms with Crippen molar-refractivity contribution in [3.63, 3.8) is 0 Å². The summed E-state index contributed by atoms with van der Waals surface area (Å²) in [6.07, 6.45) is 0. The topological polar surface area (TPSA) is 151 Å². The Hall–Kier alpha value is -6.50. The van der Waals surface area contributed by atoms with Crippen LogP contribution in [0.2, 0.25) is 0 Å². The van der Waals surface area contributed by atoms with Crippen molar-refractivity contribution in [1.82, 2.24) is 10.6 Å². The maximum absolute atomic E-state index is 13.1. The van der Waals surface area contributed by atoms with Gasteiger partial charge in [0, 0.05) is 35.6 Å². The zero-order valence-electron chi connectivity index (χ0n) is 28.7. The fourth-order valence-corrected chi connectivity index (χ4v) is 8.13. The largest absolute Gasteiger partial charge is 0.348 e. The van der Waals surface area contributed by atoms with Gasteiger partial charge in [-0.15, -0.1) is 0 Å². The second kappa shape index (κ2) is 15.2. The molecule has 7 rings (SSSR count). The maximum atomic E-state index is 13.1. The van der Waals surface area contributed by atoms with E-state index < -0.39 is 31.9 Å². The van der Waals surface area contributed by atoms with Crippen LogP contribution in [0, 0.1) is 0 Å². The number of amides is 2. The molecule has 0 fully saturated rings. The van der Waals surface area contributed by atoms with Crippen molar-refractivity contribution < 1.29 is 26.4 Å². The average molecular weight is 755 g/mol. The summed E-state index contributed by atoms with van der Waals surface area (Å²) in [7, 11) is -7.80. The molecule has 0 radical (unpaired) electrons. The molecule has 12 heteroatoms. The lowest BCUT2D eigenvalue weighted by Crippen LogP contribution is -2.24. The minimum Gasteiger partial charge on any atom is -0.348 e. The van der Waals surface area contributed by atoms with E-state index in [1.165, 1.54) is 12.1 Å². The Morgan fingerprint density at radius 3 is 1.26 bits per heavy atom. The molecule has 0 saturated carbocycles. The van der Waals surface area contributed by atoms with Crippen molar-refractivity contribution >= 4 is 64.8 Å². The summed E-state index contributed by atoms with van der Waals surface area (Å²) in [6, 6.07) is 44.6. The lowest BCUT2D eigenvalue weighted by atomic mass is 10.1. The number of hydrogen-bond acceptors (Lipinski definition) is 6. The molecule has 0 aromatic heterocycles. The van der Waals surface area contributed by atoms with Gasteiger partial charge in [0.25, 0.3) is 31.9 Å². The number of carbonyl (C=O) groups is 2. The molecule has 0 saturated heterocycles. The average Bonchev–Trinajstić information content (AvgIpc) is 3.18. The molecule has 0 aliphatic rings. The Morgan fingerprint density at radius 1 is 0.407 bits per heavy atom. The van der Waals surface area contributed by atoms with E-state index in [0.29, 0.717) is 0 Å². The number of anilines is 2. The molecule has 0 atom stereocenters. The summed E-state index contributed by atoms with van der Waals surface area (Å²) in [6.45, 7) is 0.375. The molecule has 0 unspecified atom stereocenters. The van der Waals surface area contributed by atoms with Gasteiger partial charge in [0.15, 0.2) is 0 Å². The van der Waals surface area contributed by atoms with E-state index in [2.05, 4.69) is 20.1 Å². The molecule has 4 N–H and O–H groups in total. The van der Waals surface area contributed by atoms with Gasteiger partial charge in [-0.2, -0.15) is 0 Å². The van der Waals surface area contributed by atoms with Crippen LogP contribution in [-0.4, -0.2) is 28.6 Å². The third-order valence-corrected chi connectivity index (χ3v) is 11.5. The maximum Gasteiger partial charge on any atom is 0.261 e. The van der Waals surface area contributed by atoms with Gasteiger partial charge in [-0.25, -0.2) is 16.8 Å². The quantitative estimate of drug-likeness (QED) is 0.102. The van der Waals surface area contributed by atoms with Crippen LogP contribution in [0.1, 0.15) is 31.8 Å². The van der Waals surface area contributed by atoms with Gasteiger partial charge in [0.05, 0.1) is 9.79 Å². The van der Waals surface area contributed by atoms with E-state index in [0.717, 1.165) is 32.7 Å². The summed E-state index contributed by atoms with van der Waals surface area (Å²) in [4.78, 5) is 26.4. The second-order valence-electron chi connectivity index (χ2n) is 12.6. The van der Waals surface area contributed by atoms with Crippen molar-refractivity contribution in [2.24, 2.45) is 0 Å². The third-order valence-electron chi connectivity index (χ3n) is 8.71. The number of carbonyl (C=O) groups excluding carboxylic acids is 2. The summed E-state index contributed by atoms with van der Waals surface area (Å²) in [5.41, 5.74) is 2.63. The summed E-state index contributed by atoms with van der Waals surface area (Å²) < 4.78 is 57.6. The zero-order chi connectivity index (χ0) is 37.7. The zero-order valence-corrected chi connectivity index (χ0v) is 30.3. The third kappa shape index (κ3) is 8.41. The van der Waals surface area contributed by atoms with Crippen molar-refractivity contribution in [3.8, 4) is 0 Å². The van der Waals surface area contributed by atoms with Gasteiger partial charge >= 0.3 is 0 Å². The van der Waals surface area contributed by atoms with Crippen LogP contribution in [0.4, 0.5) is 11.4 Å². The molecule has 2 amide bonds. The molecule has 7 aromatic rings. The molecular weight excluding hydrogens is 721 g/mol. The predicted octanol–water partition coefficient (Wildman–Crippen LogP) is 7.45. The van der Waals surface area contributed by atoms with Crippen LogP contribution in [0.25, 0.3) is 21.5 Å². The predicted molar refractivity (Wildman–Crippen MR) is 211 cm³/mol. The highest BCUT2D eigenvalue weighted by Gasteiger charge is 2.18. The molecule has 7 aromatic carbocycles. The minimum atomic E-state index is -3.90. The van der Waals surface area contributed by atoms with Crippen molar-refractivity contribution in [2.75, 3.05) is 9.44 Å². The lowest BCUT2D eigenvalue weighted by molar-refractivity contribution is 0.0943. The number of rotatable bonds is 12. The van der Waals surface area contributed by atoms with Gasteiger partial charge in [-0.05, 0) is 93.3 Å². The Balaban J connectivity index is 0.938. The number of fused-ring (bicyclic) bond motifs is 2.